The highest BCUT2D eigenvalue weighted by molar-refractivity contribution is 6.51. The summed E-state index contributed by atoms with van der Waals surface area (Å²) in [6, 6.07) is 12.4. The lowest BCUT2D eigenvalue weighted by Crippen LogP contribution is -2.31. The predicted octanol–water partition coefficient (Wildman–Crippen LogP) is 4.42. The van der Waals surface area contributed by atoms with Crippen molar-refractivity contribution in [3.05, 3.63) is 93.3 Å². The number of hydrogen-bond acceptors (Lipinski definition) is 6. The molecule has 0 radical (unpaired) electrons. The van der Waals surface area contributed by atoms with Crippen molar-refractivity contribution in [2.24, 2.45) is 0 Å². The van der Waals surface area contributed by atoms with Crippen LogP contribution in [0.25, 0.3) is 5.76 Å². The fourth-order valence-corrected chi connectivity index (χ4v) is 3.89. The van der Waals surface area contributed by atoms with Crippen LogP contribution in [0, 0.1) is 0 Å². The number of halogens is 3. The summed E-state index contributed by atoms with van der Waals surface area (Å²) in [4.78, 5) is 38.6. The Hall–Kier alpha value is -4.41. The molecule has 11 heteroatoms. The molecule has 2 N–H and O–H groups in total. The Kier molecular flexibility index (Phi) is 6.40. The topological polar surface area (TPSA) is 113 Å². The first-order valence-electron chi connectivity index (χ1n) is 10.8. The number of alkyl halides is 3. The zero-order chi connectivity index (χ0) is 26.2. The quantitative estimate of drug-likeness (QED) is 0.305. The maximum atomic E-state index is 13.1. The van der Waals surface area contributed by atoms with Crippen molar-refractivity contribution in [2.75, 3.05) is 4.90 Å². The molecule has 1 saturated heterocycles. The van der Waals surface area contributed by atoms with Crippen LogP contribution in [0.5, 0.6) is 5.75 Å². The van der Waals surface area contributed by atoms with Crippen molar-refractivity contribution >= 4 is 23.3 Å². The minimum atomic E-state index is -4.90. The number of carbonyl (C=O) groups is 2. The second-order valence-electron chi connectivity index (χ2n) is 8.34. The van der Waals surface area contributed by atoms with Gasteiger partial charge in [0, 0.05) is 11.6 Å². The van der Waals surface area contributed by atoms with E-state index in [1.54, 1.807) is 24.3 Å². The van der Waals surface area contributed by atoms with Crippen LogP contribution in [0.15, 0.2) is 71.0 Å². The van der Waals surface area contributed by atoms with Gasteiger partial charge in [-0.05, 0) is 35.2 Å². The number of benzene rings is 2. The normalized spacial score (nSPS) is 17.6. The second kappa shape index (κ2) is 9.33. The third-order valence-electron chi connectivity index (χ3n) is 5.64. The van der Waals surface area contributed by atoms with E-state index >= 15 is 0 Å². The first kappa shape index (κ1) is 24.7. The molecule has 8 nitrogen and oxygen atoms in total. The third-order valence-corrected chi connectivity index (χ3v) is 5.64. The van der Waals surface area contributed by atoms with Gasteiger partial charge in [0.15, 0.2) is 5.82 Å². The van der Waals surface area contributed by atoms with E-state index in [0.717, 1.165) is 28.7 Å². The number of rotatable bonds is 5. The molecule has 0 bridgehead atoms. The van der Waals surface area contributed by atoms with Gasteiger partial charge < -0.3 is 9.84 Å². The van der Waals surface area contributed by atoms with E-state index in [0.29, 0.717) is 0 Å². The summed E-state index contributed by atoms with van der Waals surface area (Å²) >= 11 is 0. The van der Waals surface area contributed by atoms with Gasteiger partial charge in [-0.2, -0.15) is 5.10 Å². The van der Waals surface area contributed by atoms with Gasteiger partial charge in [-0.25, -0.2) is 5.10 Å². The first-order valence-corrected chi connectivity index (χ1v) is 10.8. The molecule has 1 aliphatic rings. The number of aromatic nitrogens is 2. The number of H-pyrrole nitrogens is 1. The average molecular weight is 499 g/mol. The number of Topliss-reactive ketones (excluding diaryl/α,β-unsaturated/α-hetero) is 1. The molecule has 0 aliphatic carbocycles. The van der Waals surface area contributed by atoms with E-state index in [9.17, 15) is 32.7 Å². The van der Waals surface area contributed by atoms with Gasteiger partial charge in [0.25, 0.3) is 11.3 Å². The molecule has 1 unspecified atom stereocenters. The highest BCUT2D eigenvalue weighted by atomic mass is 19.4. The van der Waals surface area contributed by atoms with Crippen LogP contribution in [0.4, 0.5) is 19.0 Å². The van der Waals surface area contributed by atoms with Gasteiger partial charge in [0.05, 0.1) is 11.6 Å². The molecule has 4 rings (SSSR count). The summed E-state index contributed by atoms with van der Waals surface area (Å²) < 4.78 is 41.7. The van der Waals surface area contributed by atoms with Gasteiger partial charge in [-0.15, -0.1) is 13.2 Å². The number of nitrogens with one attached hydrogen (secondary N) is 1. The minimum absolute atomic E-state index is 0.0912. The molecule has 2 heterocycles. The number of hydrogen-bond donors (Lipinski definition) is 2. The van der Waals surface area contributed by atoms with E-state index in [1.165, 1.54) is 18.2 Å². The summed E-state index contributed by atoms with van der Waals surface area (Å²) in [6.45, 7) is 3.98. The van der Waals surface area contributed by atoms with Crippen LogP contribution in [0.1, 0.15) is 42.5 Å². The lowest BCUT2D eigenvalue weighted by atomic mass is 9.94. The maximum absolute atomic E-state index is 13.1. The largest absolute Gasteiger partial charge is 0.573 e. The second-order valence-corrected chi connectivity index (χ2v) is 8.34. The van der Waals surface area contributed by atoms with E-state index in [4.69, 9.17) is 0 Å². The summed E-state index contributed by atoms with van der Waals surface area (Å²) in [7, 11) is 0. The Morgan fingerprint density at radius 1 is 1.00 bits per heavy atom. The number of ketones is 1. The number of anilines is 1. The van der Waals surface area contributed by atoms with E-state index in [2.05, 4.69) is 14.9 Å². The molecule has 3 aromatic rings. The molecule has 0 spiro atoms. The van der Waals surface area contributed by atoms with Gasteiger partial charge in [-0.3, -0.25) is 19.3 Å². The van der Waals surface area contributed by atoms with Crippen molar-refractivity contribution in [3.8, 4) is 5.75 Å². The number of aromatic amines is 1. The highest BCUT2D eigenvalue weighted by Crippen LogP contribution is 2.42. The summed E-state index contributed by atoms with van der Waals surface area (Å²) in [5.74, 6) is -2.89. The fraction of sp³-hybridized carbons (Fsp3) is 0.200. The lowest BCUT2D eigenvalue weighted by Gasteiger charge is -2.24. The van der Waals surface area contributed by atoms with Crippen LogP contribution in [-0.4, -0.2) is 33.4 Å². The first-order chi connectivity index (χ1) is 17.0. The zero-order valence-corrected chi connectivity index (χ0v) is 19.0. The Balaban J connectivity index is 1.86. The third kappa shape index (κ3) is 4.85. The van der Waals surface area contributed by atoms with Gasteiger partial charge >= 0.3 is 12.3 Å². The van der Waals surface area contributed by atoms with Gasteiger partial charge in [0.1, 0.15) is 11.5 Å². The molecule has 1 aliphatic heterocycles. The number of aliphatic hydroxyl groups is 1. The van der Waals surface area contributed by atoms with Crippen LogP contribution >= 0.6 is 0 Å². The SMILES string of the molecule is CC(C)c1ccc(C(O)=C2C(=O)C(=O)N(c3ccc(=O)[nH]n3)C2c2ccc(OC(F)(F)F)cc2)cc1. The standard InChI is InChI=1S/C25H20F3N3O5/c1-13(2)14-3-5-16(6-4-14)22(33)20-21(15-7-9-17(10-8-15)36-25(26,27)28)31(24(35)23(20)34)18-11-12-19(32)30-29-18/h3-13,21,33H,1-2H3,(H,30,32). The average Bonchev–Trinajstić information content (AvgIpc) is 3.09. The molecule has 186 valence electrons. The molecule has 1 atom stereocenters. The zero-order valence-electron chi connectivity index (χ0n) is 19.0. The van der Waals surface area contributed by atoms with Crippen molar-refractivity contribution in [1.29, 1.82) is 0 Å². The Morgan fingerprint density at radius 2 is 1.64 bits per heavy atom. The number of aliphatic hydroxyl groups excluding tert-OH is 1. The van der Waals surface area contributed by atoms with Crippen molar-refractivity contribution in [1.82, 2.24) is 10.2 Å². The van der Waals surface area contributed by atoms with Crippen LogP contribution in [-0.2, 0) is 9.59 Å². The van der Waals surface area contributed by atoms with Gasteiger partial charge in [0.2, 0.25) is 0 Å². The summed E-state index contributed by atoms with van der Waals surface area (Å²) in [6.07, 6.45) is -4.90. The van der Waals surface area contributed by atoms with Crippen molar-refractivity contribution < 1.29 is 32.6 Å². The molecule has 2 aromatic carbocycles. The number of carbonyl (C=O) groups excluding carboxylic acids is 2. The molecule has 36 heavy (non-hydrogen) atoms. The lowest BCUT2D eigenvalue weighted by molar-refractivity contribution is -0.274. The van der Waals surface area contributed by atoms with Gasteiger partial charge in [-0.1, -0.05) is 50.2 Å². The van der Waals surface area contributed by atoms with E-state index in [1.807, 2.05) is 13.8 Å². The summed E-state index contributed by atoms with van der Waals surface area (Å²) in [5.41, 5.74) is 0.632. The maximum Gasteiger partial charge on any atom is 0.573 e. The van der Waals surface area contributed by atoms with Crippen LogP contribution in [0.2, 0.25) is 0 Å². The van der Waals surface area contributed by atoms with Crippen molar-refractivity contribution in [2.45, 2.75) is 32.2 Å². The van der Waals surface area contributed by atoms with Crippen LogP contribution < -0.4 is 15.2 Å². The molecule has 0 saturated carbocycles. The van der Waals surface area contributed by atoms with E-state index in [-0.39, 0.29) is 28.4 Å². The fourth-order valence-electron chi connectivity index (χ4n) is 3.89. The molecule has 1 amide bonds. The smallest absolute Gasteiger partial charge is 0.507 e. The highest BCUT2D eigenvalue weighted by Gasteiger charge is 2.47. The molecular formula is C25H20F3N3O5. The molecular weight excluding hydrogens is 479 g/mol. The Bertz CT molecular complexity index is 1370. The number of nitrogens with zero attached hydrogens (tertiary/aromatic N) is 2. The summed E-state index contributed by atoms with van der Waals surface area (Å²) in [5, 5.41) is 17.1. The molecule has 1 aromatic heterocycles. The predicted molar refractivity (Wildman–Crippen MR) is 123 cm³/mol. The van der Waals surface area contributed by atoms with Crippen LogP contribution in [0.3, 0.4) is 0 Å². The Morgan fingerprint density at radius 3 is 2.17 bits per heavy atom. The Labute approximate surface area is 202 Å². The minimum Gasteiger partial charge on any atom is -0.507 e. The monoisotopic (exact) mass is 499 g/mol. The molecule has 1 fully saturated rings. The number of ether oxygens (including phenoxy) is 1. The number of amides is 1. The van der Waals surface area contributed by atoms with E-state index < -0.39 is 41.2 Å². The van der Waals surface area contributed by atoms with Crippen molar-refractivity contribution in [3.63, 3.8) is 0 Å².